The standard InChI is InChI=1S/C17H26O3/c1-3-17(20-16(18)19-2)9-12-8-13(17)15-11-6-4-10(5-7-11)14(12)15/h10-15H,3-9H2,1-2H3. The summed E-state index contributed by atoms with van der Waals surface area (Å²) in [7, 11) is 1.42. The second kappa shape index (κ2) is 4.38. The molecular weight excluding hydrogens is 252 g/mol. The molecule has 5 atom stereocenters. The van der Waals surface area contributed by atoms with Gasteiger partial charge in [0.15, 0.2) is 0 Å². The highest BCUT2D eigenvalue weighted by molar-refractivity contribution is 5.60. The summed E-state index contributed by atoms with van der Waals surface area (Å²) in [5.74, 6) is 5.09. The second-order valence-corrected chi connectivity index (χ2v) is 7.61. The summed E-state index contributed by atoms with van der Waals surface area (Å²) >= 11 is 0. The molecule has 0 saturated heterocycles. The van der Waals surface area contributed by atoms with Gasteiger partial charge in [-0.3, -0.25) is 0 Å². The largest absolute Gasteiger partial charge is 0.508 e. The summed E-state index contributed by atoms with van der Waals surface area (Å²) in [6, 6.07) is 0. The molecule has 0 radical (unpaired) electrons. The average Bonchev–Trinajstić information content (AvgIpc) is 3.06. The molecule has 0 aromatic rings. The molecule has 5 unspecified atom stereocenters. The number of carbonyl (C=O) groups excluding carboxylic acids is 1. The van der Waals surface area contributed by atoms with Gasteiger partial charge in [0.2, 0.25) is 0 Å². The third-order valence-corrected chi connectivity index (χ3v) is 7.25. The molecule has 5 fully saturated rings. The first-order valence-corrected chi connectivity index (χ1v) is 8.45. The minimum Gasteiger partial charge on any atom is -0.438 e. The van der Waals surface area contributed by atoms with Gasteiger partial charge in [0, 0.05) is 5.92 Å². The van der Waals surface area contributed by atoms with Gasteiger partial charge in [0.1, 0.15) is 5.60 Å². The number of rotatable bonds is 2. The molecule has 5 aliphatic rings. The van der Waals surface area contributed by atoms with Crippen LogP contribution in [-0.2, 0) is 9.47 Å². The first kappa shape index (κ1) is 13.0. The maximum absolute atomic E-state index is 11.7. The van der Waals surface area contributed by atoms with Crippen LogP contribution < -0.4 is 0 Å². The highest BCUT2D eigenvalue weighted by Gasteiger charge is 2.66. The van der Waals surface area contributed by atoms with Gasteiger partial charge in [0.05, 0.1) is 7.11 Å². The van der Waals surface area contributed by atoms with E-state index in [1.807, 2.05) is 0 Å². The van der Waals surface area contributed by atoms with E-state index >= 15 is 0 Å². The Morgan fingerprint density at radius 1 is 1.10 bits per heavy atom. The molecule has 5 aliphatic carbocycles. The molecule has 3 nitrogen and oxygen atoms in total. The van der Waals surface area contributed by atoms with Gasteiger partial charge in [-0.2, -0.15) is 0 Å². The van der Waals surface area contributed by atoms with Crippen molar-refractivity contribution in [1.82, 2.24) is 0 Å². The van der Waals surface area contributed by atoms with Crippen molar-refractivity contribution in [1.29, 1.82) is 0 Å². The zero-order valence-corrected chi connectivity index (χ0v) is 12.6. The van der Waals surface area contributed by atoms with E-state index in [0.29, 0.717) is 5.92 Å². The number of fused-ring (bicyclic) bond motifs is 4. The molecule has 0 N–H and O–H groups in total. The van der Waals surface area contributed by atoms with Gasteiger partial charge in [-0.25, -0.2) is 4.79 Å². The van der Waals surface area contributed by atoms with Gasteiger partial charge >= 0.3 is 6.16 Å². The summed E-state index contributed by atoms with van der Waals surface area (Å²) in [4.78, 5) is 11.7. The van der Waals surface area contributed by atoms with Gasteiger partial charge < -0.3 is 9.47 Å². The van der Waals surface area contributed by atoms with Crippen molar-refractivity contribution >= 4 is 6.16 Å². The summed E-state index contributed by atoms with van der Waals surface area (Å²) < 4.78 is 10.6. The molecule has 0 amide bonds. The maximum atomic E-state index is 11.7. The Hall–Kier alpha value is -0.730. The molecule has 20 heavy (non-hydrogen) atoms. The molecule has 4 bridgehead atoms. The zero-order valence-electron chi connectivity index (χ0n) is 12.6. The Balaban J connectivity index is 1.63. The van der Waals surface area contributed by atoms with Crippen molar-refractivity contribution < 1.29 is 14.3 Å². The van der Waals surface area contributed by atoms with Crippen molar-refractivity contribution in [3.8, 4) is 0 Å². The predicted molar refractivity (Wildman–Crippen MR) is 75.2 cm³/mol. The minimum absolute atomic E-state index is 0.212. The van der Waals surface area contributed by atoms with Crippen LogP contribution in [0.1, 0.15) is 51.9 Å². The zero-order chi connectivity index (χ0) is 13.9. The monoisotopic (exact) mass is 278 g/mol. The van der Waals surface area contributed by atoms with Crippen LogP contribution in [0.25, 0.3) is 0 Å². The molecular formula is C17H26O3. The van der Waals surface area contributed by atoms with E-state index in [1.54, 1.807) is 0 Å². The third kappa shape index (κ3) is 1.55. The van der Waals surface area contributed by atoms with Crippen LogP contribution in [0.15, 0.2) is 0 Å². The van der Waals surface area contributed by atoms with Gasteiger partial charge in [-0.15, -0.1) is 0 Å². The van der Waals surface area contributed by atoms with Crippen LogP contribution >= 0.6 is 0 Å². The molecule has 5 rings (SSSR count). The summed E-state index contributed by atoms with van der Waals surface area (Å²) in [6.45, 7) is 2.18. The third-order valence-electron chi connectivity index (χ3n) is 7.25. The van der Waals surface area contributed by atoms with E-state index in [9.17, 15) is 4.79 Å². The number of carbonyl (C=O) groups is 1. The van der Waals surface area contributed by atoms with Crippen LogP contribution in [0.2, 0.25) is 0 Å². The summed E-state index contributed by atoms with van der Waals surface area (Å²) in [5, 5.41) is 0. The van der Waals surface area contributed by atoms with Crippen molar-refractivity contribution in [2.75, 3.05) is 7.11 Å². The van der Waals surface area contributed by atoms with E-state index < -0.39 is 6.16 Å². The van der Waals surface area contributed by atoms with Crippen molar-refractivity contribution in [2.45, 2.75) is 57.5 Å². The van der Waals surface area contributed by atoms with Crippen LogP contribution in [0.4, 0.5) is 4.79 Å². The molecule has 0 heterocycles. The highest BCUT2D eigenvalue weighted by Crippen LogP contribution is 2.68. The topological polar surface area (TPSA) is 35.5 Å². The number of methoxy groups -OCH3 is 1. The Morgan fingerprint density at radius 3 is 2.35 bits per heavy atom. The Kier molecular flexibility index (Phi) is 2.84. The number of hydrogen-bond donors (Lipinski definition) is 0. The maximum Gasteiger partial charge on any atom is 0.508 e. The van der Waals surface area contributed by atoms with Crippen LogP contribution in [-0.4, -0.2) is 18.9 Å². The lowest BCUT2D eigenvalue weighted by Gasteiger charge is -2.54. The molecule has 0 aromatic carbocycles. The van der Waals surface area contributed by atoms with E-state index in [4.69, 9.17) is 9.47 Å². The molecule has 3 heteroatoms. The molecule has 5 saturated carbocycles. The van der Waals surface area contributed by atoms with E-state index in [-0.39, 0.29) is 5.60 Å². The fraction of sp³-hybridized carbons (Fsp3) is 0.941. The second-order valence-electron chi connectivity index (χ2n) is 7.61. The lowest BCUT2D eigenvalue weighted by atomic mass is 9.52. The molecule has 0 aromatic heterocycles. The molecule has 0 aliphatic heterocycles. The lowest BCUT2D eigenvalue weighted by molar-refractivity contribution is -0.126. The Labute approximate surface area is 121 Å². The van der Waals surface area contributed by atoms with Crippen LogP contribution in [0.3, 0.4) is 0 Å². The quantitative estimate of drug-likeness (QED) is 0.716. The summed E-state index contributed by atoms with van der Waals surface area (Å²) in [5.41, 5.74) is -0.212. The van der Waals surface area contributed by atoms with Crippen molar-refractivity contribution in [2.24, 2.45) is 35.5 Å². The van der Waals surface area contributed by atoms with Gasteiger partial charge in [-0.1, -0.05) is 6.92 Å². The fourth-order valence-electron chi connectivity index (χ4n) is 6.66. The minimum atomic E-state index is -0.475. The number of hydrogen-bond acceptors (Lipinski definition) is 3. The van der Waals surface area contributed by atoms with Gasteiger partial charge in [0.25, 0.3) is 0 Å². The highest BCUT2D eigenvalue weighted by atomic mass is 16.7. The van der Waals surface area contributed by atoms with Crippen molar-refractivity contribution in [3.63, 3.8) is 0 Å². The Morgan fingerprint density at radius 2 is 1.75 bits per heavy atom. The van der Waals surface area contributed by atoms with Crippen LogP contribution in [0, 0.1) is 35.5 Å². The fourth-order valence-corrected chi connectivity index (χ4v) is 6.66. The smallest absolute Gasteiger partial charge is 0.438 e. The predicted octanol–water partition coefficient (Wildman–Crippen LogP) is 4.01. The SMILES string of the molecule is CCC1(OC(=O)OC)CC2CC1C1C3CCC(CC3)C21. The van der Waals surface area contributed by atoms with Crippen LogP contribution in [0.5, 0.6) is 0 Å². The summed E-state index contributed by atoms with van der Waals surface area (Å²) in [6.07, 6.45) is 8.64. The Bertz CT molecular complexity index is 412. The lowest BCUT2D eigenvalue weighted by Crippen LogP contribution is -2.52. The van der Waals surface area contributed by atoms with E-state index in [1.165, 1.54) is 39.2 Å². The molecule has 0 spiro atoms. The van der Waals surface area contributed by atoms with E-state index in [2.05, 4.69) is 6.92 Å². The first-order valence-electron chi connectivity index (χ1n) is 8.45. The first-order chi connectivity index (χ1) is 9.68. The normalized spacial score (nSPS) is 51.9. The molecule has 112 valence electrons. The van der Waals surface area contributed by atoms with E-state index in [0.717, 1.165) is 42.4 Å². The number of ether oxygens (including phenoxy) is 2. The van der Waals surface area contributed by atoms with Crippen molar-refractivity contribution in [3.05, 3.63) is 0 Å². The van der Waals surface area contributed by atoms with Gasteiger partial charge in [-0.05, 0) is 74.5 Å². The average molecular weight is 278 g/mol.